The van der Waals surface area contributed by atoms with Gasteiger partial charge in [0.1, 0.15) is 0 Å². The number of hydrogen-bond acceptors (Lipinski definition) is 4. The summed E-state index contributed by atoms with van der Waals surface area (Å²) in [6.45, 7) is 7.21. The van der Waals surface area contributed by atoms with Crippen LogP contribution in [0, 0.1) is 0 Å². The summed E-state index contributed by atoms with van der Waals surface area (Å²) in [6.07, 6.45) is 0.785. The first kappa shape index (κ1) is 15.6. The lowest BCUT2D eigenvalue weighted by Crippen LogP contribution is -2.39. The molecule has 0 aliphatic rings. The van der Waals surface area contributed by atoms with Crippen molar-refractivity contribution in [2.75, 3.05) is 20.2 Å². The lowest BCUT2D eigenvalue weighted by Gasteiger charge is -2.27. The molecule has 1 heterocycles. The summed E-state index contributed by atoms with van der Waals surface area (Å²) in [5.74, 6) is 0. The van der Waals surface area contributed by atoms with Crippen LogP contribution in [-0.4, -0.2) is 48.5 Å². The molecule has 0 spiro atoms. The van der Waals surface area contributed by atoms with Gasteiger partial charge in [0.15, 0.2) is 0 Å². The quantitative estimate of drug-likeness (QED) is 0.788. The number of nitrogens with zero attached hydrogens (tertiary/aromatic N) is 1. The third-order valence-corrected chi connectivity index (χ3v) is 3.72. The van der Waals surface area contributed by atoms with Gasteiger partial charge >= 0.3 is 0 Å². The van der Waals surface area contributed by atoms with Crippen molar-refractivity contribution in [3.05, 3.63) is 22.4 Å². The van der Waals surface area contributed by atoms with E-state index in [0.717, 1.165) is 6.42 Å². The number of aliphatic hydroxyl groups is 1. The van der Waals surface area contributed by atoms with Gasteiger partial charge in [0.2, 0.25) is 0 Å². The molecule has 0 aliphatic heterocycles. The molecule has 0 bridgehead atoms. The molecule has 0 amide bonds. The predicted molar refractivity (Wildman–Crippen MR) is 77.2 cm³/mol. The number of thiophene rings is 1. The van der Waals surface area contributed by atoms with Crippen LogP contribution < -0.4 is 0 Å². The summed E-state index contributed by atoms with van der Waals surface area (Å²) in [5.41, 5.74) is 1.37. The van der Waals surface area contributed by atoms with Crippen molar-refractivity contribution < 1.29 is 9.84 Å². The third kappa shape index (κ3) is 5.96. The predicted octanol–water partition coefficient (Wildman–Crippen LogP) is 2.40. The second-order valence-corrected chi connectivity index (χ2v) is 5.94. The van der Waals surface area contributed by atoms with Crippen LogP contribution in [0.4, 0.5) is 0 Å². The number of hydrogen-bond donors (Lipinski definition) is 1. The lowest BCUT2D eigenvalue weighted by molar-refractivity contribution is -0.00932. The standard InChI is InChI=1S/C14H25NO2S/c1-11(2)17-9-14(16)8-15(4)12(3)7-13-5-6-18-10-13/h5-6,10-12,14,16H,7-9H2,1-4H3. The second kappa shape index (κ2) is 7.89. The molecule has 0 aromatic carbocycles. The van der Waals surface area contributed by atoms with E-state index in [-0.39, 0.29) is 6.10 Å². The van der Waals surface area contributed by atoms with E-state index < -0.39 is 6.10 Å². The van der Waals surface area contributed by atoms with Crippen LogP contribution in [0.15, 0.2) is 16.8 Å². The molecular weight excluding hydrogens is 246 g/mol. The molecule has 4 heteroatoms. The molecule has 0 radical (unpaired) electrons. The lowest BCUT2D eigenvalue weighted by atomic mass is 10.1. The number of rotatable bonds is 8. The Bertz CT molecular complexity index is 314. The van der Waals surface area contributed by atoms with Crippen molar-refractivity contribution in [3.63, 3.8) is 0 Å². The first-order chi connectivity index (χ1) is 8.49. The number of ether oxygens (including phenoxy) is 1. The van der Waals surface area contributed by atoms with Crippen molar-refractivity contribution in [1.29, 1.82) is 0 Å². The molecule has 1 aromatic rings. The smallest absolute Gasteiger partial charge is 0.0900 e. The summed E-state index contributed by atoms with van der Waals surface area (Å²) in [4.78, 5) is 2.19. The molecule has 0 fully saturated rings. The summed E-state index contributed by atoms with van der Waals surface area (Å²) in [5, 5.41) is 14.2. The van der Waals surface area contributed by atoms with Crippen LogP contribution in [0.3, 0.4) is 0 Å². The van der Waals surface area contributed by atoms with E-state index in [0.29, 0.717) is 19.2 Å². The Hall–Kier alpha value is -0.420. The molecule has 0 aliphatic carbocycles. The third-order valence-electron chi connectivity index (χ3n) is 2.98. The fourth-order valence-corrected chi connectivity index (χ4v) is 2.46. The fraction of sp³-hybridized carbons (Fsp3) is 0.714. The Balaban J connectivity index is 2.28. The molecule has 1 aromatic heterocycles. The Morgan fingerprint density at radius 1 is 1.39 bits per heavy atom. The van der Waals surface area contributed by atoms with Gasteiger partial charge in [-0.05, 0) is 56.6 Å². The molecule has 2 atom stereocenters. The zero-order valence-electron chi connectivity index (χ0n) is 11.8. The van der Waals surface area contributed by atoms with Crippen LogP contribution in [-0.2, 0) is 11.2 Å². The van der Waals surface area contributed by atoms with E-state index in [2.05, 4.69) is 35.7 Å². The summed E-state index contributed by atoms with van der Waals surface area (Å²) >= 11 is 1.73. The van der Waals surface area contributed by atoms with Crippen molar-refractivity contribution in [2.45, 2.75) is 45.4 Å². The van der Waals surface area contributed by atoms with Gasteiger partial charge in [-0.2, -0.15) is 11.3 Å². The van der Waals surface area contributed by atoms with E-state index in [1.807, 2.05) is 13.8 Å². The zero-order valence-corrected chi connectivity index (χ0v) is 12.6. The molecular formula is C14H25NO2S. The normalized spacial score (nSPS) is 15.3. The molecule has 0 saturated heterocycles. The largest absolute Gasteiger partial charge is 0.389 e. The SMILES string of the molecule is CC(C)OCC(O)CN(C)C(C)Cc1ccsc1. The molecule has 1 rings (SSSR count). The maximum atomic E-state index is 9.88. The van der Waals surface area contributed by atoms with Gasteiger partial charge in [-0.25, -0.2) is 0 Å². The summed E-state index contributed by atoms with van der Waals surface area (Å²) in [6, 6.07) is 2.58. The first-order valence-electron chi connectivity index (χ1n) is 6.50. The van der Waals surface area contributed by atoms with Crippen LogP contribution in [0.5, 0.6) is 0 Å². The topological polar surface area (TPSA) is 32.7 Å². The highest BCUT2D eigenvalue weighted by molar-refractivity contribution is 7.07. The van der Waals surface area contributed by atoms with Gasteiger partial charge < -0.3 is 14.7 Å². The minimum atomic E-state index is -0.415. The van der Waals surface area contributed by atoms with Crippen LogP contribution in [0.2, 0.25) is 0 Å². The monoisotopic (exact) mass is 271 g/mol. The summed E-state index contributed by atoms with van der Waals surface area (Å²) in [7, 11) is 2.05. The van der Waals surface area contributed by atoms with Gasteiger partial charge in [0, 0.05) is 12.6 Å². The average molecular weight is 271 g/mol. The van der Waals surface area contributed by atoms with E-state index >= 15 is 0 Å². The van der Waals surface area contributed by atoms with Crippen LogP contribution in [0.25, 0.3) is 0 Å². The zero-order chi connectivity index (χ0) is 13.5. The average Bonchev–Trinajstić information content (AvgIpc) is 2.79. The van der Waals surface area contributed by atoms with Crippen molar-refractivity contribution in [3.8, 4) is 0 Å². The van der Waals surface area contributed by atoms with Crippen LogP contribution >= 0.6 is 11.3 Å². The Kier molecular flexibility index (Phi) is 6.86. The molecule has 104 valence electrons. The first-order valence-corrected chi connectivity index (χ1v) is 7.44. The van der Waals surface area contributed by atoms with Crippen molar-refractivity contribution >= 4 is 11.3 Å². The molecule has 1 N–H and O–H groups in total. The van der Waals surface area contributed by atoms with Gasteiger partial charge in [-0.15, -0.1) is 0 Å². The Labute approximate surface area is 114 Å². The highest BCUT2D eigenvalue weighted by Crippen LogP contribution is 2.11. The summed E-state index contributed by atoms with van der Waals surface area (Å²) < 4.78 is 5.42. The highest BCUT2D eigenvalue weighted by Gasteiger charge is 2.15. The maximum Gasteiger partial charge on any atom is 0.0900 e. The number of likely N-dealkylation sites (N-methyl/N-ethyl adjacent to an activating group) is 1. The van der Waals surface area contributed by atoms with E-state index in [9.17, 15) is 5.11 Å². The molecule has 0 saturated carbocycles. The minimum absolute atomic E-state index is 0.174. The second-order valence-electron chi connectivity index (χ2n) is 5.16. The van der Waals surface area contributed by atoms with E-state index in [4.69, 9.17) is 4.74 Å². The fourth-order valence-electron chi connectivity index (χ4n) is 1.77. The van der Waals surface area contributed by atoms with Crippen molar-refractivity contribution in [1.82, 2.24) is 4.90 Å². The van der Waals surface area contributed by atoms with Gasteiger partial charge in [0.25, 0.3) is 0 Å². The molecule has 3 nitrogen and oxygen atoms in total. The minimum Gasteiger partial charge on any atom is -0.389 e. The van der Waals surface area contributed by atoms with Crippen LogP contribution in [0.1, 0.15) is 26.3 Å². The Morgan fingerprint density at radius 3 is 2.67 bits per heavy atom. The van der Waals surface area contributed by atoms with Gasteiger partial charge in [0.05, 0.1) is 18.8 Å². The molecule has 18 heavy (non-hydrogen) atoms. The van der Waals surface area contributed by atoms with E-state index in [1.165, 1.54) is 5.56 Å². The highest BCUT2D eigenvalue weighted by atomic mass is 32.1. The number of aliphatic hydroxyl groups excluding tert-OH is 1. The van der Waals surface area contributed by atoms with E-state index in [1.54, 1.807) is 11.3 Å². The van der Waals surface area contributed by atoms with Gasteiger partial charge in [-0.3, -0.25) is 0 Å². The maximum absolute atomic E-state index is 9.88. The molecule has 2 unspecified atom stereocenters. The Morgan fingerprint density at radius 2 is 2.11 bits per heavy atom. The van der Waals surface area contributed by atoms with Gasteiger partial charge in [-0.1, -0.05) is 0 Å². The van der Waals surface area contributed by atoms with Crippen molar-refractivity contribution in [2.24, 2.45) is 0 Å².